The number of nitrogens with one attached hydrogen (secondary N) is 1. The summed E-state index contributed by atoms with van der Waals surface area (Å²) in [5.41, 5.74) is 1.38. The van der Waals surface area contributed by atoms with Crippen LogP contribution in [0.5, 0.6) is 0 Å². The molecule has 0 aliphatic carbocycles. The van der Waals surface area contributed by atoms with Gasteiger partial charge in [-0.2, -0.15) is 0 Å². The minimum Gasteiger partial charge on any atom is -0.478 e. The van der Waals surface area contributed by atoms with E-state index in [1.54, 1.807) is 27.0 Å². The van der Waals surface area contributed by atoms with Crippen LogP contribution in [-0.2, 0) is 0 Å². The van der Waals surface area contributed by atoms with Crippen LogP contribution >= 0.6 is 0 Å². The summed E-state index contributed by atoms with van der Waals surface area (Å²) < 4.78 is 0. The maximum Gasteiger partial charge on any atom is 0.335 e. The number of carbonyl (C=O) groups excluding carboxylic acids is 1. The molecule has 6 nitrogen and oxygen atoms in total. The molecule has 1 aromatic carbocycles. The van der Waals surface area contributed by atoms with Gasteiger partial charge in [0.2, 0.25) is 0 Å². The molecule has 1 atom stereocenters. The molecule has 0 saturated heterocycles. The SMILES string of the molecule is Cc1ccc(C(=O)O)cc1NC(=O)N(C)CCC(C)O. The van der Waals surface area contributed by atoms with Crippen molar-refractivity contribution in [2.24, 2.45) is 0 Å². The number of carbonyl (C=O) groups is 2. The predicted molar refractivity (Wildman–Crippen MR) is 76.1 cm³/mol. The van der Waals surface area contributed by atoms with Crippen molar-refractivity contribution in [2.45, 2.75) is 26.4 Å². The van der Waals surface area contributed by atoms with Crippen molar-refractivity contribution >= 4 is 17.7 Å². The molecule has 0 aliphatic rings. The molecule has 0 spiro atoms. The second-order valence-electron chi connectivity index (χ2n) is 4.82. The second kappa shape index (κ2) is 6.91. The number of rotatable bonds is 5. The van der Waals surface area contributed by atoms with Gasteiger partial charge in [-0.25, -0.2) is 9.59 Å². The third-order valence-corrected chi connectivity index (χ3v) is 2.96. The van der Waals surface area contributed by atoms with Gasteiger partial charge in [0.25, 0.3) is 0 Å². The molecule has 0 radical (unpaired) electrons. The van der Waals surface area contributed by atoms with Gasteiger partial charge in [0.15, 0.2) is 0 Å². The average Bonchev–Trinajstić information content (AvgIpc) is 2.37. The van der Waals surface area contributed by atoms with Gasteiger partial charge in [-0.15, -0.1) is 0 Å². The molecule has 0 heterocycles. The summed E-state index contributed by atoms with van der Waals surface area (Å²) in [5, 5.41) is 20.8. The van der Waals surface area contributed by atoms with E-state index in [4.69, 9.17) is 5.11 Å². The van der Waals surface area contributed by atoms with Crippen molar-refractivity contribution in [3.8, 4) is 0 Å². The highest BCUT2D eigenvalue weighted by molar-refractivity contribution is 5.93. The number of carboxylic acid groups (broad SMARTS) is 1. The van der Waals surface area contributed by atoms with Gasteiger partial charge in [-0.1, -0.05) is 6.07 Å². The van der Waals surface area contributed by atoms with Crippen LogP contribution in [0, 0.1) is 6.92 Å². The fourth-order valence-corrected chi connectivity index (χ4v) is 1.58. The lowest BCUT2D eigenvalue weighted by molar-refractivity contribution is 0.0697. The van der Waals surface area contributed by atoms with Crippen molar-refractivity contribution in [3.63, 3.8) is 0 Å². The quantitative estimate of drug-likeness (QED) is 0.768. The summed E-state index contributed by atoms with van der Waals surface area (Å²) in [5.74, 6) is -1.04. The lowest BCUT2D eigenvalue weighted by Gasteiger charge is -2.19. The van der Waals surface area contributed by atoms with Crippen LogP contribution in [-0.4, -0.2) is 46.8 Å². The number of amides is 2. The second-order valence-corrected chi connectivity index (χ2v) is 4.82. The number of aliphatic hydroxyl groups is 1. The molecular weight excluding hydrogens is 260 g/mol. The summed E-state index contributed by atoms with van der Waals surface area (Å²) >= 11 is 0. The van der Waals surface area contributed by atoms with Crippen molar-refractivity contribution in [2.75, 3.05) is 18.9 Å². The van der Waals surface area contributed by atoms with E-state index in [1.807, 2.05) is 0 Å². The summed E-state index contributed by atoms with van der Waals surface area (Å²) in [6, 6.07) is 4.23. The molecule has 1 aromatic rings. The first kappa shape index (κ1) is 16.0. The fraction of sp³-hybridized carbons (Fsp3) is 0.429. The summed E-state index contributed by atoms with van der Waals surface area (Å²) in [7, 11) is 1.62. The van der Waals surface area contributed by atoms with Crippen molar-refractivity contribution in [1.82, 2.24) is 4.90 Å². The van der Waals surface area contributed by atoms with Crippen LogP contribution < -0.4 is 5.32 Å². The number of carboxylic acids is 1. The normalized spacial score (nSPS) is 11.8. The molecule has 0 saturated carbocycles. The first-order valence-corrected chi connectivity index (χ1v) is 6.35. The Morgan fingerprint density at radius 1 is 1.40 bits per heavy atom. The Labute approximate surface area is 118 Å². The zero-order chi connectivity index (χ0) is 15.3. The molecule has 20 heavy (non-hydrogen) atoms. The molecule has 0 bridgehead atoms. The van der Waals surface area contributed by atoms with E-state index in [9.17, 15) is 14.7 Å². The zero-order valence-electron chi connectivity index (χ0n) is 11.9. The van der Waals surface area contributed by atoms with E-state index >= 15 is 0 Å². The first-order chi connectivity index (χ1) is 9.31. The van der Waals surface area contributed by atoms with Crippen LogP contribution in [0.1, 0.15) is 29.3 Å². The highest BCUT2D eigenvalue weighted by Crippen LogP contribution is 2.17. The van der Waals surface area contributed by atoms with Gasteiger partial charge in [0, 0.05) is 19.3 Å². The van der Waals surface area contributed by atoms with Gasteiger partial charge >= 0.3 is 12.0 Å². The van der Waals surface area contributed by atoms with Crippen LogP contribution in [0.15, 0.2) is 18.2 Å². The molecule has 2 amide bonds. The molecule has 1 rings (SSSR count). The van der Waals surface area contributed by atoms with Gasteiger partial charge in [-0.05, 0) is 38.0 Å². The van der Waals surface area contributed by atoms with E-state index in [-0.39, 0.29) is 11.6 Å². The van der Waals surface area contributed by atoms with E-state index in [2.05, 4.69) is 5.32 Å². The van der Waals surface area contributed by atoms with Gasteiger partial charge in [0.1, 0.15) is 0 Å². The van der Waals surface area contributed by atoms with Crippen molar-refractivity contribution < 1.29 is 19.8 Å². The number of nitrogens with zero attached hydrogens (tertiary/aromatic N) is 1. The highest BCUT2D eigenvalue weighted by Gasteiger charge is 2.12. The van der Waals surface area contributed by atoms with Gasteiger partial charge in [-0.3, -0.25) is 0 Å². The molecule has 110 valence electrons. The van der Waals surface area contributed by atoms with Gasteiger partial charge < -0.3 is 20.4 Å². The molecule has 0 aliphatic heterocycles. The van der Waals surface area contributed by atoms with E-state index in [1.165, 1.54) is 17.0 Å². The molecule has 3 N–H and O–H groups in total. The minimum absolute atomic E-state index is 0.123. The van der Waals surface area contributed by atoms with Crippen molar-refractivity contribution in [1.29, 1.82) is 0 Å². The molecule has 6 heteroatoms. The predicted octanol–water partition coefficient (Wildman–Crippen LogP) is 1.93. The van der Waals surface area contributed by atoms with E-state index in [0.717, 1.165) is 5.56 Å². The smallest absolute Gasteiger partial charge is 0.335 e. The van der Waals surface area contributed by atoms with Crippen molar-refractivity contribution in [3.05, 3.63) is 29.3 Å². The lowest BCUT2D eigenvalue weighted by Crippen LogP contribution is -2.33. The maximum atomic E-state index is 11.9. The standard InChI is InChI=1S/C14H20N2O4/c1-9-4-5-11(13(18)19)8-12(9)15-14(20)16(3)7-6-10(2)17/h4-5,8,10,17H,6-7H2,1-3H3,(H,15,20)(H,18,19). The van der Waals surface area contributed by atoms with E-state index < -0.39 is 12.1 Å². The Bertz CT molecular complexity index is 500. The van der Waals surface area contributed by atoms with E-state index in [0.29, 0.717) is 18.7 Å². The fourth-order valence-electron chi connectivity index (χ4n) is 1.58. The number of hydrogen-bond donors (Lipinski definition) is 3. The third kappa shape index (κ3) is 4.55. The number of urea groups is 1. The number of anilines is 1. The van der Waals surface area contributed by atoms with Crippen LogP contribution in [0.3, 0.4) is 0 Å². The number of hydrogen-bond acceptors (Lipinski definition) is 3. The van der Waals surface area contributed by atoms with Crippen LogP contribution in [0.2, 0.25) is 0 Å². The zero-order valence-corrected chi connectivity index (χ0v) is 11.9. The summed E-state index contributed by atoms with van der Waals surface area (Å²) in [4.78, 5) is 24.3. The molecule has 1 unspecified atom stereocenters. The minimum atomic E-state index is -1.04. The third-order valence-electron chi connectivity index (χ3n) is 2.96. The Balaban J connectivity index is 2.74. The Kier molecular flexibility index (Phi) is 5.52. The van der Waals surface area contributed by atoms with Gasteiger partial charge in [0.05, 0.1) is 11.7 Å². The monoisotopic (exact) mass is 280 g/mol. The summed E-state index contributed by atoms with van der Waals surface area (Å²) in [6.07, 6.45) is 0.0141. The number of benzene rings is 1. The summed E-state index contributed by atoms with van der Waals surface area (Å²) in [6.45, 7) is 3.87. The Hall–Kier alpha value is -2.08. The molecule has 0 aromatic heterocycles. The Morgan fingerprint density at radius 2 is 2.05 bits per heavy atom. The number of aliphatic hydroxyl groups excluding tert-OH is 1. The number of aryl methyl sites for hydroxylation is 1. The topological polar surface area (TPSA) is 89.9 Å². The Morgan fingerprint density at radius 3 is 2.60 bits per heavy atom. The lowest BCUT2D eigenvalue weighted by atomic mass is 10.1. The number of aromatic carboxylic acids is 1. The first-order valence-electron chi connectivity index (χ1n) is 6.35. The molecular formula is C14H20N2O4. The molecule has 0 fully saturated rings. The average molecular weight is 280 g/mol. The highest BCUT2D eigenvalue weighted by atomic mass is 16.4. The van der Waals surface area contributed by atoms with Crippen LogP contribution in [0.4, 0.5) is 10.5 Å². The van der Waals surface area contributed by atoms with Crippen LogP contribution in [0.25, 0.3) is 0 Å². The maximum absolute atomic E-state index is 11.9. The largest absolute Gasteiger partial charge is 0.478 e.